The molecular weight excluding hydrogens is 274 g/mol. The minimum Gasteiger partial charge on any atom is -0.481 e. The summed E-state index contributed by atoms with van der Waals surface area (Å²) in [6.07, 6.45) is 2.77. The number of carboxylic acid groups (broad SMARTS) is 1. The average molecular weight is 295 g/mol. The maximum atomic E-state index is 12.4. The van der Waals surface area contributed by atoms with Crippen molar-refractivity contribution in [3.05, 3.63) is 21.4 Å². The molecule has 1 aromatic heterocycles. The third kappa shape index (κ3) is 3.39. The number of aryl methyl sites for hydroxylation is 2. The molecule has 1 aromatic rings. The highest BCUT2D eigenvalue weighted by molar-refractivity contribution is 7.14. The molecule has 0 atom stereocenters. The number of aliphatic carboxylic acids is 1. The fourth-order valence-electron chi connectivity index (χ4n) is 2.72. The molecule has 1 fully saturated rings. The van der Waals surface area contributed by atoms with Gasteiger partial charge in [0.2, 0.25) is 0 Å². The van der Waals surface area contributed by atoms with Crippen LogP contribution in [-0.2, 0) is 11.2 Å². The normalized spacial score (nSPS) is 16.4. The second-order valence-corrected chi connectivity index (χ2v) is 6.54. The number of nitrogens with zero attached hydrogens (tertiary/aromatic N) is 1. The SMILES string of the molecule is CCc1sc(C(=O)N2CCC(CC(=O)O)CC2)cc1C. The Hall–Kier alpha value is -1.36. The summed E-state index contributed by atoms with van der Waals surface area (Å²) in [5, 5.41) is 8.80. The van der Waals surface area contributed by atoms with E-state index in [2.05, 4.69) is 6.92 Å². The number of hydrogen-bond donors (Lipinski definition) is 1. The van der Waals surface area contributed by atoms with E-state index in [1.807, 2.05) is 17.9 Å². The number of carbonyl (C=O) groups is 2. The number of hydrogen-bond acceptors (Lipinski definition) is 3. The monoisotopic (exact) mass is 295 g/mol. The highest BCUT2D eigenvalue weighted by Gasteiger charge is 2.26. The lowest BCUT2D eigenvalue weighted by molar-refractivity contribution is -0.138. The van der Waals surface area contributed by atoms with Gasteiger partial charge in [0.05, 0.1) is 4.88 Å². The number of piperidine rings is 1. The molecule has 20 heavy (non-hydrogen) atoms. The Labute approximate surface area is 123 Å². The minimum absolute atomic E-state index is 0.103. The number of carboxylic acids is 1. The van der Waals surface area contributed by atoms with E-state index < -0.39 is 5.97 Å². The van der Waals surface area contributed by atoms with E-state index in [-0.39, 0.29) is 18.2 Å². The summed E-state index contributed by atoms with van der Waals surface area (Å²) in [7, 11) is 0. The Morgan fingerprint density at radius 3 is 2.55 bits per heavy atom. The molecule has 0 spiro atoms. The molecule has 0 unspecified atom stereocenters. The number of carbonyl (C=O) groups excluding carboxylic acids is 1. The molecular formula is C15H21NO3S. The molecule has 1 amide bonds. The lowest BCUT2D eigenvalue weighted by Gasteiger charge is -2.31. The lowest BCUT2D eigenvalue weighted by Crippen LogP contribution is -2.38. The Kier molecular flexibility index (Phi) is 4.81. The van der Waals surface area contributed by atoms with Crippen LogP contribution in [0, 0.1) is 12.8 Å². The summed E-state index contributed by atoms with van der Waals surface area (Å²) < 4.78 is 0. The molecule has 4 nitrogen and oxygen atoms in total. The van der Waals surface area contributed by atoms with Crippen LogP contribution >= 0.6 is 11.3 Å². The van der Waals surface area contributed by atoms with Crippen molar-refractivity contribution in [1.29, 1.82) is 0 Å². The van der Waals surface area contributed by atoms with E-state index >= 15 is 0 Å². The summed E-state index contributed by atoms with van der Waals surface area (Å²) in [5.41, 5.74) is 1.20. The third-order valence-electron chi connectivity index (χ3n) is 3.92. The van der Waals surface area contributed by atoms with Crippen LogP contribution in [0.4, 0.5) is 0 Å². The smallest absolute Gasteiger partial charge is 0.303 e. The first-order chi connectivity index (χ1) is 9.51. The first kappa shape index (κ1) is 15.0. The molecule has 0 saturated carbocycles. The first-order valence-corrected chi connectivity index (χ1v) is 7.93. The van der Waals surface area contributed by atoms with Crippen molar-refractivity contribution in [2.24, 2.45) is 5.92 Å². The Morgan fingerprint density at radius 1 is 1.40 bits per heavy atom. The fraction of sp³-hybridized carbons (Fsp3) is 0.600. The fourth-order valence-corrected chi connectivity index (χ4v) is 3.80. The van der Waals surface area contributed by atoms with E-state index in [1.54, 1.807) is 11.3 Å². The van der Waals surface area contributed by atoms with Crippen LogP contribution < -0.4 is 0 Å². The highest BCUT2D eigenvalue weighted by atomic mass is 32.1. The van der Waals surface area contributed by atoms with Gasteiger partial charge in [-0.05, 0) is 43.7 Å². The van der Waals surface area contributed by atoms with Gasteiger partial charge in [0.15, 0.2) is 0 Å². The highest BCUT2D eigenvalue weighted by Crippen LogP contribution is 2.26. The van der Waals surface area contributed by atoms with Crippen LogP contribution in [0.3, 0.4) is 0 Å². The molecule has 2 heterocycles. The van der Waals surface area contributed by atoms with Crippen molar-refractivity contribution in [2.45, 2.75) is 39.5 Å². The first-order valence-electron chi connectivity index (χ1n) is 7.11. The van der Waals surface area contributed by atoms with Crippen LogP contribution in [0.5, 0.6) is 0 Å². The predicted octanol–water partition coefficient (Wildman–Crippen LogP) is 2.95. The van der Waals surface area contributed by atoms with E-state index in [4.69, 9.17) is 5.11 Å². The van der Waals surface area contributed by atoms with Crippen molar-refractivity contribution in [1.82, 2.24) is 4.90 Å². The molecule has 1 N–H and O–H groups in total. The van der Waals surface area contributed by atoms with Crippen LogP contribution in [0.25, 0.3) is 0 Å². The summed E-state index contributed by atoms with van der Waals surface area (Å²) in [5.74, 6) is -0.421. The number of rotatable bonds is 4. The van der Waals surface area contributed by atoms with Gasteiger partial charge >= 0.3 is 5.97 Å². The molecule has 110 valence electrons. The van der Waals surface area contributed by atoms with E-state index in [9.17, 15) is 9.59 Å². The number of amides is 1. The van der Waals surface area contributed by atoms with E-state index in [0.717, 1.165) is 24.1 Å². The van der Waals surface area contributed by atoms with Crippen LogP contribution in [0.2, 0.25) is 0 Å². The van der Waals surface area contributed by atoms with Crippen molar-refractivity contribution in [3.63, 3.8) is 0 Å². The Balaban J connectivity index is 1.96. The van der Waals surface area contributed by atoms with E-state index in [0.29, 0.717) is 13.1 Å². The summed E-state index contributed by atoms with van der Waals surface area (Å²) in [6.45, 7) is 5.50. The predicted molar refractivity (Wildman–Crippen MR) is 79.3 cm³/mol. The molecule has 0 bridgehead atoms. The third-order valence-corrected chi connectivity index (χ3v) is 5.29. The van der Waals surface area contributed by atoms with Gasteiger partial charge in [-0.1, -0.05) is 6.92 Å². The number of likely N-dealkylation sites (tertiary alicyclic amines) is 1. The van der Waals surface area contributed by atoms with Gasteiger partial charge < -0.3 is 10.0 Å². The second-order valence-electron chi connectivity index (χ2n) is 5.40. The summed E-state index contributed by atoms with van der Waals surface area (Å²) >= 11 is 1.59. The summed E-state index contributed by atoms with van der Waals surface area (Å²) in [4.78, 5) is 27.1. The van der Waals surface area contributed by atoms with E-state index in [1.165, 1.54) is 10.4 Å². The van der Waals surface area contributed by atoms with Gasteiger partial charge in [-0.3, -0.25) is 9.59 Å². The zero-order chi connectivity index (χ0) is 14.7. The topological polar surface area (TPSA) is 57.6 Å². The maximum Gasteiger partial charge on any atom is 0.303 e. The van der Waals surface area contributed by atoms with Gasteiger partial charge in [-0.25, -0.2) is 0 Å². The van der Waals surface area contributed by atoms with Gasteiger partial charge in [0.25, 0.3) is 5.91 Å². The zero-order valence-electron chi connectivity index (χ0n) is 12.0. The van der Waals surface area contributed by atoms with Gasteiger partial charge in [0.1, 0.15) is 0 Å². The molecule has 0 radical (unpaired) electrons. The quantitative estimate of drug-likeness (QED) is 0.929. The molecule has 5 heteroatoms. The molecule has 0 aromatic carbocycles. The molecule has 0 aliphatic carbocycles. The van der Waals surface area contributed by atoms with Gasteiger partial charge in [0, 0.05) is 24.4 Å². The lowest BCUT2D eigenvalue weighted by atomic mass is 9.93. The van der Waals surface area contributed by atoms with Crippen molar-refractivity contribution in [3.8, 4) is 0 Å². The van der Waals surface area contributed by atoms with Crippen molar-refractivity contribution < 1.29 is 14.7 Å². The van der Waals surface area contributed by atoms with Crippen LogP contribution in [-0.4, -0.2) is 35.0 Å². The number of thiophene rings is 1. The van der Waals surface area contributed by atoms with Crippen molar-refractivity contribution >= 4 is 23.2 Å². The zero-order valence-corrected chi connectivity index (χ0v) is 12.8. The van der Waals surface area contributed by atoms with Crippen LogP contribution in [0.15, 0.2) is 6.07 Å². The van der Waals surface area contributed by atoms with Gasteiger partial charge in [-0.15, -0.1) is 11.3 Å². The molecule has 2 rings (SSSR count). The average Bonchev–Trinajstić information content (AvgIpc) is 2.79. The minimum atomic E-state index is -0.740. The Morgan fingerprint density at radius 2 is 2.05 bits per heavy atom. The molecule has 1 aliphatic rings. The summed E-state index contributed by atoms with van der Waals surface area (Å²) in [6, 6.07) is 1.98. The Bertz CT molecular complexity index is 501. The maximum absolute atomic E-state index is 12.4. The standard InChI is InChI=1S/C15H21NO3S/c1-3-12-10(2)8-13(20-12)15(19)16-6-4-11(5-7-16)9-14(17)18/h8,11H,3-7,9H2,1-2H3,(H,17,18). The largest absolute Gasteiger partial charge is 0.481 e. The van der Waals surface area contributed by atoms with Crippen molar-refractivity contribution in [2.75, 3.05) is 13.1 Å². The van der Waals surface area contributed by atoms with Crippen LogP contribution in [0.1, 0.15) is 46.3 Å². The molecule has 1 aliphatic heterocycles. The molecule has 1 saturated heterocycles. The second kappa shape index (κ2) is 6.39. The van der Waals surface area contributed by atoms with Gasteiger partial charge in [-0.2, -0.15) is 0 Å².